The summed E-state index contributed by atoms with van der Waals surface area (Å²) in [5.41, 5.74) is -0.780. The molecular formula is C11H15BrClNO3S2. The van der Waals surface area contributed by atoms with Crippen molar-refractivity contribution in [3.63, 3.8) is 0 Å². The van der Waals surface area contributed by atoms with Crippen LogP contribution in [-0.4, -0.2) is 36.5 Å². The van der Waals surface area contributed by atoms with Crippen molar-refractivity contribution in [2.24, 2.45) is 0 Å². The molecule has 0 bridgehead atoms. The fourth-order valence-electron chi connectivity index (χ4n) is 2.06. The van der Waals surface area contributed by atoms with E-state index in [-0.39, 0.29) is 4.21 Å². The normalized spacial score (nSPS) is 26.3. The molecule has 1 saturated heterocycles. The lowest BCUT2D eigenvalue weighted by atomic mass is 9.98. The fraction of sp³-hybridized carbons (Fsp3) is 0.636. The first kappa shape index (κ1) is 15.7. The average Bonchev–Trinajstić information content (AvgIpc) is 2.54. The molecular weight excluding hydrogens is 374 g/mol. The van der Waals surface area contributed by atoms with Crippen LogP contribution in [0.5, 0.6) is 0 Å². The predicted molar refractivity (Wildman–Crippen MR) is 80.3 cm³/mol. The van der Waals surface area contributed by atoms with Crippen molar-refractivity contribution in [2.75, 3.05) is 13.1 Å². The van der Waals surface area contributed by atoms with Gasteiger partial charge in [0.05, 0.1) is 14.4 Å². The van der Waals surface area contributed by atoms with Gasteiger partial charge in [0, 0.05) is 13.1 Å². The molecule has 19 heavy (non-hydrogen) atoms. The third-order valence-corrected chi connectivity index (χ3v) is 8.06. The highest BCUT2D eigenvalue weighted by molar-refractivity contribution is 9.11. The van der Waals surface area contributed by atoms with Crippen LogP contribution in [-0.2, 0) is 10.0 Å². The monoisotopic (exact) mass is 387 g/mol. The quantitative estimate of drug-likeness (QED) is 0.847. The lowest BCUT2D eigenvalue weighted by Gasteiger charge is -2.21. The van der Waals surface area contributed by atoms with Crippen LogP contribution in [0.2, 0.25) is 5.02 Å². The maximum absolute atomic E-state index is 12.5. The van der Waals surface area contributed by atoms with E-state index in [1.165, 1.54) is 10.4 Å². The van der Waals surface area contributed by atoms with Gasteiger partial charge in [-0.1, -0.05) is 11.6 Å². The smallest absolute Gasteiger partial charge is 0.252 e. The summed E-state index contributed by atoms with van der Waals surface area (Å²) in [5.74, 6) is 0. The third kappa shape index (κ3) is 3.51. The van der Waals surface area contributed by atoms with Crippen LogP contribution in [0.4, 0.5) is 0 Å². The maximum atomic E-state index is 12.5. The molecule has 1 aromatic rings. The Labute approximate surface area is 130 Å². The molecule has 2 rings (SSSR count). The van der Waals surface area contributed by atoms with Crippen LogP contribution >= 0.6 is 38.9 Å². The molecule has 1 aliphatic heterocycles. The van der Waals surface area contributed by atoms with E-state index in [9.17, 15) is 13.5 Å². The molecule has 8 heteroatoms. The van der Waals surface area contributed by atoms with Gasteiger partial charge in [0.15, 0.2) is 0 Å². The Hall–Kier alpha value is 0.340. The first-order valence-corrected chi connectivity index (χ1v) is 9.32. The number of nitrogens with zero attached hydrogens (tertiary/aromatic N) is 1. The van der Waals surface area contributed by atoms with Crippen LogP contribution in [0.3, 0.4) is 0 Å². The van der Waals surface area contributed by atoms with Crippen LogP contribution in [0.1, 0.15) is 26.2 Å². The Morgan fingerprint density at radius 1 is 1.47 bits per heavy atom. The van der Waals surface area contributed by atoms with Crippen LogP contribution in [0.25, 0.3) is 0 Å². The highest BCUT2D eigenvalue weighted by Gasteiger charge is 2.32. The van der Waals surface area contributed by atoms with Gasteiger partial charge >= 0.3 is 0 Å². The Morgan fingerprint density at radius 3 is 2.74 bits per heavy atom. The molecule has 0 spiro atoms. The summed E-state index contributed by atoms with van der Waals surface area (Å²) >= 11 is 10.2. The van der Waals surface area contributed by atoms with Crippen LogP contribution < -0.4 is 0 Å². The molecule has 108 valence electrons. The summed E-state index contributed by atoms with van der Waals surface area (Å²) in [6.45, 7) is 2.52. The van der Waals surface area contributed by atoms with Crippen molar-refractivity contribution in [1.82, 2.24) is 4.31 Å². The van der Waals surface area contributed by atoms with E-state index in [1.807, 2.05) is 0 Å². The molecule has 4 nitrogen and oxygen atoms in total. The van der Waals surface area contributed by atoms with Crippen molar-refractivity contribution >= 4 is 48.9 Å². The number of sulfonamides is 1. The van der Waals surface area contributed by atoms with E-state index in [0.717, 1.165) is 11.3 Å². The van der Waals surface area contributed by atoms with Gasteiger partial charge < -0.3 is 5.11 Å². The second-order valence-electron chi connectivity index (χ2n) is 4.94. The molecule has 2 heterocycles. The SMILES string of the molecule is CC1(O)CCCN(S(=O)(=O)c2cc(Cl)c(Br)s2)CC1. The first-order valence-electron chi connectivity index (χ1n) is 5.90. The molecule has 1 N–H and O–H groups in total. The summed E-state index contributed by atoms with van der Waals surface area (Å²) in [6.07, 6.45) is 1.73. The van der Waals surface area contributed by atoms with Crippen molar-refractivity contribution in [1.29, 1.82) is 0 Å². The zero-order valence-corrected chi connectivity index (χ0v) is 14.4. The van der Waals surface area contributed by atoms with Crippen molar-refractivity contribution in [3.8, 4) is 0 Å². The van der Waals surface area contributed by atoms with Crippen molar-refractivity contribution in [2.45, 2.75) is 36.0 Å². The van der Waals surface area contributed by atoms with Gasteiger partial charge in [-0.05, 0) is 48.2 Å². The van der Waals surface area contributed by atoms with Crippen LogP contribution in [0.15, 0.2) is 14.1 Å². The fourth-order valence-corrected chi connectivity index (χ4v) is 6.09. The lowest BCUT2D eigenvalue weighted by molar-refractivity contribution is 0.0465. The van der Waals surface area contributed by atoms with Gasteiger partial charge in [-0.15, -0.1) is 11.3 Å². The largest absolute Gasteiger partial charge is 0.390 e. The Morgan fingerprint density at radius 2 is 2.16 bits per heavy atom. The Kier molecular flexibility index (Phi) is 4.65. The van der Waals surface area contributed by atoms with E-state index in [0.29, 0.717) is 41.2 Å². The van der Waals surface area contributed by atoms with Gasteiger partial charge in [0.1, 0.15) is 4.21 Å². The van der Waals surface area contributed by atoms with Gasteiger partial charge in [-0.3, -0.25) is 0 Å². The number of rotatable bonds is 2. The molecule has 1 aromatic heterocycles. The zero-order chi connectivity index (χ0) is 14.3. The maximum Gasteiger partial charge on any atom is 0.252 e. The van der Waals surface area contributed by atoms with E-state index in [2.05, 4.69) is 15.9 Å². The van der Waals surface area contributed by atoms with Gasteiger partial charge in [-0.25, -0.2) is 8.42 Å². The molecule has 0 amide bonds. The minimum atomic E-state index is -3.51. The highest BCUT2D eigenvalue weighted by Crippen LogP contribution is 2.36. The minimum Gasteiger partial charge on any atom is -0.390 e. The molecule has 0 saturated carbocycles. The second-order valence-corrected chi connectivity index (χ2v) is 9.88. The molecule has 0 radical (unpaired) electrons. The predicted octanol–water partition coefficient (Wildman–Crippen LogP) is 3.09. The third-order valence-electron chi connectivity index (χ3n) is 3.24. The standard InChI is InChI=1S/C11H15BrClNO3S2/c1-11(15)3-2-5-14(6-4-11)19(16,17)9-7-8(13)10(12)18-9/h7,15H,2-6H2,1H3. The summed E-state index contributed by atoms with van der Waals surface area (Å²) in [4.78, 5) is 0. The Balaban J connectivity index is 2.25. The number of hydrogen-bond acceptors (Lipinski definition) is 4. The summed E-state index contributed by atoms with van der Waals surface area (Å²) < 4.78 is 27.3. The number of halogens is 2. The second kappa shape index (κ2) is 5.61. The van der Waals surface area contributed by atoms with E-state index in [4.69, 9.17) is 11.6 Å². The lowest BCUT2D eigenvalue weighted by Crippen LogP contribution is -2.33. The molecule has 1 aliphatic rings. The average molecular weight is 389 g/mol. The van der Waals surface area contributed by atoms with E-state index >= 15 is 0 Å². The van der Waals surface area contributed by atoms with E-state index < -0.39 is 15.6 Å². The summed E-state index contributed by atoms with van der Waals surface area (Å²) in [5, 5.41) is 10.4. The molecule has 1 fully saturated rings. The topological polar surface area (TPSA) is 57.6 Å². The molecule has 1 unspecified atom stereocenters. The van der Waals surface area contributed by atoms with Crippen LogP contribution in [0, 0.1) is 0 Å². The van der Waals surface area contributed by atoms with Crippen molar-refractivity contribution in [3.05, 3.63) is 14.9 Å². The molecule has 1 atom stereocenters. The zero-order valence-electron chi connectivity index (χ0n) is 10.4. The van der Waals surface area contributed by atoms with E-state index in [1.54, 1.807) is 6.92 Å². The molecule has 0 aromatic carbocycles. The van der Waals surface area contributed by atoms with Gasteiger partial charge in [-0.2, -0.15) is 4.31 Å². The number of thiophene rings is 1. The van der Waals surface area contributed by atoms with Gasteiger partial charge in [0.25, 0.3) is 10.0 Å². The molecule has 0 aliphatic carbocycles. The number of aliphatic hydroxyl groups is 1. The number of hydrogen-bond donors (Lipinski definition) is 1. The summed E-state index contributed by atoms with van der Waals surface area (Å²) in [6, 6.07) is 1.47. The van der Waals surface area contributed by atoms with Gasteiger partial charge in [0.2, 0.25) is 0 Å². The Bertz CT molecular complexity index is 551. The van der Waals surface area contributed by atoms with Crippen molar-refractivity contribution < 1.29 is 13.5 Å². The highest BCUT2D eigenvalue weighted by atomic mass is 79.9. The summed E-state index contributed by atoms with van der Waals surface area (Å²) in [7, 11) is -3.51. The minimum absolute atomic E-state index is 0.242. The first-order chi connectivity index (χ1) is 8.72.